The molecule has 0 aromatic carbocycles. The summed E-state index contributed by atoms with van der Waals surface area (Å²) < 4.78 is 0. The smallest absolute Gasteiger partial charge is 0.137 e. The Balaban J connectivity index is 2.40. The Hall–Kier alpha value is -1.32. The fraction of sp³-hybridized carbons (Fsp3) is 0.714. The van der Waals surface area contributed by atoms with Crippen LogP contribution in [0.2, 0.25) is 0 Å². The number of rotatable bonds is 2. The van der Waals surface area contributed by atoms with E-state index in [0.29, 0.717) is 17.8 Å². The third-order valence-corrected chi connectivity index (χ3v) is 3.86. The molecule has 1 fully saturated rings. The fourth-order valence-electron chi connectivity index (χ4n) is 2.77. The summed E-state index contributed by atoms with van der Waals surface area (Å²) in [5.41, 5.74) is 7.13. The van der Waals surface area contributed by atoms with Crippen molar-refractivity contribution in [2.75, 3.05) is 17.2 Å². The van der Waals surface area contributed by atoms with Crippen molar-refractivity contribution in [1.82, 2.24) is 9.97 Å². The van der Waals surface area contributed by atoms with Crippen LogP contribution in [0.5, 0.6) is 0 Å². The molecule has 4 heteroatoms. The van der Waals surface area contributed by atoms with Crippen molar-refractivity contribution in [2.24, 2.45) is 5.92 Å². The predicted molar refractivity (Wildman–Crippen MR) is 75.7 cm³/mol. The Kier molecular flexibility index (Phi) is 3.73. The van der Waals surface area contributed by atoms with E-state index in [1.165, 1.54) is 12.8 Å². The molecule has 2 unspecified atom stereocenters. The molecule has 1 aromatic rings. The van der Waals surface area contributed by atoms with Gasteiger partial charge in [0.05, 0.1) is 0 Å². The van der Waals surface area contributed by atoms with Crippen molar-refractivity contribution < 1.29 is 0 Å². The summed E-state index contributed by atoms with van der Waals surface area (Å²) >= 11 is 0. The number of hydrogen-bond acceptors (Lipinski definition) is 4. The van der Waals surface area contributed by atoms with E-state index in [1.54, 1.807) is 6.33 Å². The highest BCUT2D eigenvalue weighted by Crippen LogP contribution is 2.33. The van der Waals surface area contributed by atoms with Gasteiger partial charge in [-0.05, 0) is 31.6 Å². The van der Waals surface area contributed by atoms with Crippen molar-refractivity contribution in [3.63, 3.8) is 0 Å². The Morgan fingerprint density at radius 3 is 2.67 bits per heavy atom. The molecule has 1 aliphatic rings. The normalized spacial score (nSPS) is 24.6. The zero-order chi connectivity index (χ0) is 13.3. The highest BCUT2D eigenvalue weighted by Gasteiger charge is 2.27. The molecule has 1 aromatic heterocycles. The predicted octanol–water partition coefficient (Wildman–Crippen LogP) is 2.81. The minimum absolute atomic E-state index is 0.352. The van der Waals surface area contributed by atoms with E-state index in [0.717, 1.165) is 23.8 Å². The van der Waals surface area contributed by atoms with E-state index < -0.39 is 0 Å². The van der Waals surface area contributed by atoms with Crippen LogP contribution in [0.4, 0.5) is 11.6 Å². The summed E-state index contributed by atoms with van der Waals surface area (Å²) in [6.45, 7) is 9.94. The first-order valence-corrected chi connectivity index (χ1v) is 6.87. The van der Waals surface area contributed by atoms with Gasteiger partial charge in [-0.25, -0.2) is 9.97 Å². The number of nitrogen functional groups attached to an aromatic ring is 1. The van der Waals surface area contributed by atoms with E-state index in [2.05, 4.69) is 42.6 Å². The molecule has 0 spiro atoms. The van der Waals surface area contributed by atoms with E-state index in [-0.39, 0.29) is 0 Å². The minimum Gasteiger partial charge on any atom is -0.383 e. The van der Waals surface area contributed by atoms with Crippen LogP contribution < -0.4 is 10.6 Å². The summed E-state index contributed by atoms with van der Waals surface area (Å²) in [5, 5.41) is 0. The molecular weight excluding hydrogens is 224 g/mol. The van der Waals surface area contributed by atoms with Crippen LogP contribution in [-0.4, -0.2) is 22.6 Å². The SMILES string of the molecule is CC1CCC(C)N(c2ncnc(N)c2C(C)C)C1. The summed E-state index contributed by atoms with van der Waals surface area (Å²) in [6, 6.07) is 0.535. The van der Waals surface area contributed by atoms with Crippen molar-refractivity contribution in [3.05, 3.63) is 11.9 Å². The van der Waals surface area contributed by atoms with Gasteiger partial charge in [0.15, 0.2) is 0 Å². The maximum absolute atomic E-state index is 6.03. The van der Waals surface area contributed by atoms with Crippen LogP contribution in [0.15, 0.2) is 6.33 Å². The molecule has 100 valence electrons. The van der Waals surface area contributed by atoms with Crippen molar-refractivity contribution >= 4 is 11.6 Å². The minimum atomic E-state index is 0.352. The molecule has 1 saturated heterocycles. The van der Waals surface area contributed by atoms with Gasteiger partial charge in [-0.1, -0.05) is 20.8 Å². The monoisotopic (exact) mass is 248 g/mol. The summed E-state index contributed by atoms with van der Waals surface area (Å²) in [6.07, 6.45) is 4.11. The fourth-order valence-corrected chi connectivity index (χ4v) is 2.77. The molecule has 0 saturated carbocycles. The van der Waals surface area contributed by atoms with E-state index >= 15 is 0 Å². The lowest BCUT2D eigenvalue weighted by molar-refractivity contribution is 0.387. The first-order chi connectivity index (χ1) is 8.50. The lowest BCUT2D eigenvalue weighted by Gasteiger charge is -2.39. The van der Waals surface area contributed by atoms with Crippen molar-refractivity contribution in [1.29, 1.82) is 0 Å². The maximum atomic E-state index is 6.03. The number of aromatic nitrogens is 2. The highest BCUT2D eigenvalue weighted by atomic mass is 15.2. The number of nitrogens with two attached hydrogens (primary N) is 1. The van der Waals surface area contributed by atoms with Gasteiger partial charge in [-0.2, -0.15) is 0 Å². The standard InChI is InChI=1S/C14H24N4/c1-9(2)12-13(15)16-8-17-14(12)18-7-10(3)5-6-11(18)4/h8-11H,5-7H2,1-4H3,(H2,15,16,17). The number of piperidine rings is 1. The molecule has 4 nitrogen and oxygen atoms in total. The molecule has 0 bridgehead atoms. The van der Waals surface area contributed by atoms with Crippen molar-refractivity contribution in [2.45, 2.75) is 52.5 Å². The van der Waals surface area contributed by atoms with Crippen LogP contribution in [0, 0.1) is 5.92 Å². The van der Waals surface area contributed by atoms with Gasteiger partial charge in [0.25, 0.3) is 0 Å². The highest BCUT2D eigenvalue weighted by molar-refractivity contribution is 5.58. The molecule has 0 aliphatic carbocycles. The summed E-state index contributed by atoms with van der Waals surface area (Å²) in [4.78, 5) is 11.0. The average Bonchev–Trinajstić information content (AvgIpc) is 2.31. The van der Waals surface area contributed by atoms with Gasteiger partial charge in [0.1, 0.15) is 18.0 Å². The largest absolute Gasteiger partial charge is 0.383 e. The summed E-state index contributed by atoms with van der Waals surface area (Å²) in [7, 11) is 0. The maximum Gasteiger partial charge on any atom is 0.137 e. The van der Waals surface area contributed by atoms with Gasteiger partial charge in [0, 0.05) is 18.2 Å². The van der Waals surface area contributed by atoms with Crippen LogP contribution in [0.1, 0.15) is 52.0 Å². The van der Waals surface area contributed by atoms with E-state index in [1.807, 2.05) is 0 Å². The molecule has 2 heterocycles. The summed E-state index contributed by atoms with van der Waals surface area (Å²) in [5.74, 6) is 2.74. The van der Waals surface area contributed by atoms with Crippen LogP contribution >= 0.6 is 0 Å². The second kappa shape index (κ2) is 5.12. The zero-order valence-corrected chi connectivity index (χ0v) is 11.8. The lowest BCUT2D eigenvalue weighted by Crippen LogP contribution is -2.42. The third kappa shape index (κ3) is 2.42. The average molecular weight is 248 g/mol. The Bertz CT molecular complexity index is 416. The van der Waals surface area contributed by atoms with Gasteiger partial charge in [-0.15, -0.1) is 0 Å². The van der Waals surface area contributed by atoms with Gasteiger partial charge in [0.2, 0.25) is 0 Å². The van der Waals surface area contributed by atoms with E-state index in [4.69, 9.17) is 5.73 Å². The molecule has 2 atom stereocenters. The zero-order valence-electron chi connectivity index (χ0n) is 11.8. The first kappa shape index (κ1) is 13.1. The van der Waals surface area contributed by atoms with Crippen LogP contribution in [0.25, 0.3) is 0 Å². The van der Waals surface area contributed by atoms with E-state index in [9.17, 15) is 0 Å². The number of anilines is 2. The Labute approximate surface area is 110 Å². The number of nitrogens with zero attached hydrogens (tertiary/aromatic N) is 3. The van der Waals surface area contributed by atoms with Crippen LogP contribution in [0.3, 0.4) is 0 Å². The second-order valence-electron chi connectivity index (χ2n) is 5.83. The molecule has 2 rings (SSSR count). The molecule has 18 heavy (non-hydrogen) atoms. The molecule has 0 amide bonds. The first-order valence-electron chi connectivity index (χ1n) is 6.87. The van der Waals surface area contributed by atoms with Gasteiger partial charge < -0.3 is 10.6 Å². The Morgan fingerprint density at radius 2 is 2.00 bits per heavy atom. The number of hydrogen-bond donors (Lipinski definition) is 1. The van der Waals surface area contributed by atoms with Gasteiger partial charge in [-0.3, -0.25) is 0 Å². The molecular formula is C14H24N4. The topological polar surface area (TPSA) is 55.0 Å². The lowest BCUT2D eigenvalue weighted by atomic mass is 9.93. The molecule has 2 N–H and O–H groups in total. The quantitative estimate of drug-likeness (QED) is 0.874. The van der Waals surface area contributed by atoms with Gasteiger partial charge >= 0.3 is 0 Å². The Morgan fingerprint density at radius 1 is 1.28 bits per heavy atom. The second-order valence-corrected chi connectivity index (χ2v) is 5.83. The van der Waals surface area contributed by atoms with Crippen LogP contribution in [-0.2, 0) is 0 Å². The molecule has 1 aliphatic heterocycles. The van der Waals surface area contributed by atoms with Crippen molar-refractivity contribution in [3.8, 4) is 0 Å². The molecule has 0 radical (unpaired) electrons. The third-order valence-electron chi connectivity index (χ3n) is 3.86.